The predicted molar refractivity (Wildman–Crippen MR) is 60.4 cm³/mol. The van der Waals surface area contributed by atoms with Crippen LogP contribution < -0.4 is 0 Å². The molecule has 0 aromatic rings. The molecule has 0 bridgehead atoms. The van der Waals surface area contributed by atoms with Crippen molar-refractivity contribution in [3.63, 3.8) is 0 Å². The van der Waals surface area contributed by atoms with Crippen LogP contribution in [0.3, 0.4) is 0 Å². The van der Waals surface area contributed by atoms with Crippen molar-refractivity contribution in [2.75, 3.05) is 19.7 Å². The van der Waals surface area contributed by atoms with Gasteiger partial charge in [-0.1, -0.05) is 25.3 Å². The van der Waals surface area contributed by atoms with Crippen molar-refractivity contribution in [1.82, 2.24) is 4.90 Å². The Labute approximate surface area is 91.8 Å². The van der Waals surface area contributed by atoms with Crippen molar-refractivity contribution < 1.29 is 9.90 Å². The molecule has 1 amide bonds. The van der Waals surface area contributed by atoms with Gasteiger partial charge in [0, 0.05) is 19.0 Å². The fraction of sp³-hybridized carbons (Fsp3) is 0.750. The average Bonchev–Trinajstić information content (AvgIpc) is 2.29. The van der Waals surface area contributed by atoms with Gasteiger partial charge in [-0.2, -0.15) is 0 Å². The molecule has 86 valence electrons. The molecule has 3 nitrogen and oxygen atoms in total. The Morgan fingerprint density at radius 2 is 2.07 bits per heavy atom. The van der Waals surface area contributed by atoms with Gasteiger partial charge < -0.3 is 10.0 Å². The number of carbonyl (C=O) groups excluding carboxylic acids is 1. The summed E-state index contributed by atoms with van der Waals surface area (Å²) in [7, 11) is 0. The summed E-state index contributed by atoms with van der Waals surface area (Å²) in [4.78, 5) is 13.8. The molecule has 1 rings (SSSR count). The minimum absolute atomic E-state index is 0.0340. The Bertz CT molecular complexity index is 210. The Hall–Kier alpha value is -0.830. The first-order valence-corrected chi connectivity index (χ1v) is 5.80. The third-order valence-electron chi connectivity index (χ3n) is 2.99. The second kappa shape index (κ2) is 6.62. The highest BCUT2D eigenvalue weighted by Gasteiger charge is 2.24. The summed E-state index contributed by atoms with van der Waals surface area (Å²) in [5.41, 5.74) is 0. The third kappa shape index (κ3) is 3.67. The number of hydrogen-bond acceptors (Lipinski definition) is 2. The van der Waals surface area contributed by atoms with Crippen LogP contribution in [-0.2, 0) is 4.79 Å². The topological polar surface area (TPSA) is 40.5 Å². The fourth-order valence-corrected chi connectivity index (χ4v) is 2.18. The van der Waals surface area contributed by atoms with Crippen LogP contribution in [0.5, 0.6) is 0 Å². The third-order valence-corrected chi connectivity index (χ3v) is 2.99. The fourth-order valence-electron chi connectivity index (χ4n) is 2.18. The number of rotatable bonds is 5. The molecular formula is C12H21NO2. The maximum absolute atomic E-state index is 12.0. The van der Waals surface area contributed by atoms with Gasteiger partial charge in [0.25, 0.3) is 0 Å². The van der Waals surface area contributed by atoms with E-state index in [4.69, 9.17) is 5.11 Å². The van der Waals surface area contributed by atoms with Crippen molar-refractivity contribution in [3.8, 4) is 0 Å². The summed E-state index contributed by atoms with van der Waals surface area (Å²) in [5, 5.41) is 8.88. The van der Waals surface area contributed by atoms with Crippen LogP contribution in [0, 0.1) is 5.92 Å². The van der Waals surface area contributed by atoms with E-state index in [2.05, 4.69) is 6.58 Å². The molecule has 1 aliphatic carbocycles. The highest BCUT2D eigenvalue weighted by atomic mass is 16.3. The van der Waals surface area contributed by atoms with Crippen LogP contribution in [0.15, 0.2) is 12.7 Å². The van der Waals surface area contributed by atoms with Crippen LogP contribution in [0.1, 0.15) is 32.1 Å². The molecule has 1 aliphatic rings. The van der Waals surface area contributed by atoms with Crippen molar-refractivity contribution in [1.29, 1.82) is 0 Å². The minimum Gasteiger partial charge on any atom is -0.395 e. The van der Waals surface area contributed by atoms with E-state index in [1.54, 1.807) is 11.0 Å². The van der Waals surface area contributed by atoms with E-state index in [0.29, 0.717) is 13.1 Å². The van der Waals surface area contributed by atoms with Gasteiger partial charge in [-0.15, -0.1) is 6.58 Å². The molecule has 0 aliphatic heterocycles. The smallest absolute Gasteiger partial charge is 0.226 e. The molecule has 0 saturated heterocycles. The second-order valence-electron chi connectivity index (χ2n) is 4.13. The standard InChI is InChI=1S/C12H21NO2/c1-2-8-13(9-10-14)12(15)11-6-4-3-5-7-11/h2,11,14H,1,3-10H2. The van der Waals surface area contributed by atoms with Gasteiger partial charge in [-0.25, -0.2) is 0 Å². The van der Waals surface area contributed by atoms with Gasteiger partial charge >= 0.3 is 0 Å². The molecule has 0 aromatic heterocycles. The van der Waals surface area contributed by atoms with Crippen LogP contribution in [-0.4, -0.2) is 35.6 Å². The lowest BCUT2D eigenvalue weighted by Gasteiger charge is -2.28. The second-order valence-corrected chi connectivity index (χ2v) is 4.13. The van der Waals surface area contributed by atoms with Gasteiger partial charge in [0.1, 0.15) is 0 Å². The van der Waals surface area contributed by atoms with E-state index in [0.717, 1.165) is 25.7 Å². The van der Waals surface area contributed by atoms with E-state index < -0.39 is 0 Å². The van der Waals surface area contributed by atoms with Crippen LogP contribution in [0.2, 0.25) is 0 Å². The molecule has 0 aromatic carbocycles. The Morgan fingerprint density at radius 3 is 2.60 bits per heavy atom. The lowest BCUT2D eigenvalue weighted by molar-refractivity contribution is -0.136. The average molecular weight is 211 g/mol. The summed E-state index contributed by atoms with van der Waals surface area (Å²) >= 11 is 0. The number of hydrogen-bond donors (Lipinski definition) is 1. The summed E-state index contributed by atoms with van der Waals surface area (Å²) in [6.07, 6.45) is 7.33. The van der Waals surface area contributed by atoms with E-state index >= 15 is 0 Å². The van der Waals surface area contributed by atoms with E-state index in [1.807, 2.05) is 0 Å². The molecular weight excluding hydrogens is 190 g/mol. The van der Waals surface area contributed by atoms with Gasteiger partial charge in [0.2, 0.25) is 5.91 Å². The zero-order chi connectivity index (χ0) is 11.1. The van der Waals surface area contributed by atoms with E-state index in [-0.39, 0.29) is 18.4 Å². The minimum atomic E-state index is 0.0340. The summed E-state index contributed by atoms with van der Waals surface area (Å²) < 4.78 is 0. The van der Waals surface area contributed by atoms with Crippen LogP contribution in [0.4, 0.5) is 0 Å². The lowest BCUT2D eigenvalue weighted by Crippen LogP contribution is -2.38. The number of carbonyl (C=O) groups is 1. The van der Waals surface area contributed by atoms with Gasteiger partial charge in [-0.3, -0.25) is 4.79 Å². The summed E-state index contributed by atoms with van der Waals surface area (Å²) in [5.74, 6) is 0.383. The van der Waals surface area contributed by atoms with E-state index in [9.17, 15) is 4.79 Å². The van der Waals surface area contributed by atoms with Crippen LogP contribution in [0.25, 0.3) is 0 Å². The number of aliphatic hydroxyl groups is 1. The zero-order valence-electron chi connectivity index (χ0n) is 9.32. The van der Waals surface area contributed by atoms with Crippen molar-refractivity contribution in [2.45, 2.75) is 32.1 Å². The normalized spacial score (nSPS) is 17.4. The van der Waals surface area contributed by atoms with Gasteiger partial charge in [0.15, 0.2) is 0 Å². The molecule has 1 saturated carbocycles. The maximum atomic E-state index is 12.0. The first kappa shape index (κ1) is 12.2. The largest absolute Gasteiger partial charge is 0.395 e. The zero-order valence-corrected chi connectivity index (χ0v) is 9.32. The highest BCUT2D eigenvalue weighted by molar-refractivity contribution is 5.79. The Kier molecular flexibility index (Phi) is 5.40. The number of amides is 1. The number of aliphatic hydroxyl groups excluding tert-OH is 1. The molecule has 0 atom stereocenters. The molecule has 1 fully saturated rings. The molecule has 0 heterocycles. The first-order valence-electron chi connectivity index (χ1n) is 5.80. The van der Waals surface area contributed by atoms with Crippen molar-refractivity contribution in [3.05, 3.63) is 12.7 Å². The summed E-state index contributed by atoms with van der Waals surface area (Å²) in [6.45, 7) is 4.65. The molecule has 1 N–H and O–H groups in total. The summed E-state index contributed by atoms with van der Waals surface area (Å²) in [6, 6.07) is 0. The predicted octanol–water partition coefficient (Wildman–Crippen LogP) is 1.57. The van der Waals surface area contributed by atoms with Gasteiger partial charge in [-0.05, 0) is 12.8 Å². The molecule has 0 spiro atoms. The molecule has 0 radical (unpaired) electrons. The lowest BCUT2D eigenvalue weighted by atomic mass is 9.88. The van der Waals surface area contributed by atoms with Crippen molar-refractivity contribution in [2.24, 2.45) is 5.92 Å². The van der Waals surface area contributed by atoms with Gasteiger partial charge in [0.05, 0.1) is 6.61 Å². The SMILES string of the molecule is C=CCN(CCO)C(=O)C1CCCCC1. The Balaban J connectivity index is 2.48. The molecule has 15 heavy (non-hydrogen) atoms. The molecule has 3 heteroatoms. The molecule has 0 unspecified atom stereocenters. The maximum Gasteiger partial charge on any atom is 0.226 e. The highest BCUT2D eigenvalue weighted by Crippen LogP contribution is 2.25. The quantitative estimate of drug-likeness (QED) is 0.701. The first-order chi connectivity index (χ1) is 7.29. The van der Waals surface area contributed by atoms with Crippen LogP contribution >= 0.6 is 0 Å². The van der Waals surface area contributed by atoms with Crippen molar-refractivity contribution >= 4 is 5.91 Å². The Morgan fingerprint density at radius 1 is 1.40 bits per heavy atom. The van der Waals surface area contributed by atoms with E-state index in [1.165, 1.54) is 6.42 Å². The number of nitrogens with zero attached hydrogens (tertiary/aromatic N) is 1. The monoisotopic (exact) mass is 211 g/mol.